The van der Waals surface area contributed by atoms with Crippen molar-refractivity contribution in [3.63, 3.8) is 0 Å². The van der Waals surface area contributed by atoms with Crippen LogP contribution in [0.2, 0.25) is 0 Å². The number of benzene rings is 3. The van der Waals surface area contributed by atoms with Gasteiger partial charge >= 0.3 is 0 Å². The molecule has 0 aliphatic rings. The maximum Gasteiger partial charge on any atom is 0.251 e. The van der Waals surface area contributed by atoms with Gasteiger partial charge in [0, 0.05) is 46.9 Å². The number of aliphatic hydroxyl groups is 1. The van der Waals surface area contributed by atoms with Crippen molar-refractivity contribution in [2.24, 2.45) is 0 Å². The van der Waals surface area contributed by atoms with Crippen molar-refractivity contribution in [3.05, 3.63) is 95.2 Å². The number of carbonyl (C=O) groups excluding carboxylic acids is 1. The fourth-order valence-corrected chi connectivity index (χ4v) is 5.51. The average molecular weight is 546 g/mol. The SMILES string of the molecule is CCCOc1ccc(C#Cc2ccc(C(=O)NC)cc2)cc1S(=O)(=O)N[C@@H](CO)Cc1c[nH]c2ccccc12. The molecule has 0 saturated heterocycles. The number of aliphatic hydroxyl groups excluding tert-OH is 1. The average Bonchev–Trinajstić information content (AvgIpc) is 3.37. The van der Waals surface area contributed by atoms with Gasteiger partial charge in [-0.1, -0.05) is 37.0 Å². The fraction of sp³-hybridized carbons (Fsp3) is 0.233. The molecule has 3 aromatic carbocycles. The van der Waals surface area contributed by atoms with Crippen molar-refractivity contribution >= 4 is 26.8 Å². The molecule has 202 valence electrons. The van der Waals surface area contributed by atoms with E-state index in [2.05, 4.69) is 26.9 Å². The summed E-state index contributed by atoms with van der Waals surface area (Å²) in [5.74, 6) is 6.02. The number of aromatic nitrogens is 1. The summed E-state index contributed by atoms with van der Waals surface area (Å²) in [6.45, 7) is 1.91. The van der Waals surface area contributed by atoms with Gasteiger partial charge in [0.25, 0.3) is 5.91 Å². The number of hydrogen-bond donors (Lipinski definition) is 4. The molecule has 0 aliphatic carbocycles. The quantitative estimate of drug-likeness (QED) is 0.227. The Kier molecular flexibility index (Phi) is 9.04. The number of fused-ring (bicyclic) bond motifs is 1. The predicted molar refractivity (Wildman–Crippen MR) is 151 cm³/mol. The molecule has 39 heavy (non-hydrogen) atoms. The standard InChI is InChI=1S/C30H31N3O5S/c1-3-16-38-28-15-12-22(9-8-21-10-13-23(14-11-21)30(35)31-2)17-29(28)39(36,37)33-25(20-34)18-24-19-32-27-7-5-4-6-26(24)27/h4-7,10-15,17,19,25,32-34H,3,16,18,20H2,1-2H3,(H,31,35)/t25-/m1/s1. The fourth-order valence-electron chi connectivity index (χ4n) is 4.11. The highest BCUT2D eigenvalue weighted by molar-refractivity contribution is 7.89. The molecule has 1 aromatic heterocycles. The molecular weight excluding hydrogens is 514 g/mol. The molecule has 0 radical (unpaired) electrons. The summed E-state index contributed by atoms with van der Waals surface area (Å²) in [7, 11) is -2.51. The van der Waals surface area contributed by atoms with E-state index in [1.54, 1.807) is 43.4 Å². The minimum absolute atomic E-state index is 0.0462. The van der Waals surface area contributed by atoms with E-state index in [0.717, 1.165) is 16.5 Å². The highest BCUT2D eigenvalue weighted by Gasteiger charge is 2.25. The molecule has 4 rings (SSSR count). The van der Waals surface area contributed by atoms with Gasteiger partial charge in [-0.2, -0.15) is 0 Å². The van der Waals surface area contributed by atoms with Gasteiger partial charge in [0.2, 0.25) is 10.0 Å². The lowest BCUT2D eigenvalue weighted by Gasteiger charge is -2.18. The van der Waals surface area contributed by atoms with Crippen LogP contribution in [0, 0.1) is 11.8 Å². The van der Waals surface area contributed by atoms with Crippen LogP contribution in [0.4, 0.5) is 0 Å². The third-order valence-corrected chi connectivity index (χ3v) is 7.65. The maximum absolute atomic E-state index is 13.5. The first-order valence-corrected chi connectivity index (χ1v) is 14.1. The molecular formula is C30H31N3O5S. The van der Waals surface area contributed by atoms with Crippen LogP contribution in [0.3, 0.4) is 0 Å². The smallest absolute Gasteiger partial charge is 0.251 e. The number of nitrogens with one attached hydrogen (secondary N) is 3. The topological polar surface area (TPSA) is 121 Å². The number of aromatic amines is 1. The molecule has 8 nitrogen and oxygen atoms in total. The third-order valence-electron chi connectivity index (χ3n) is 6.10. The van der Waals surface area contributed by atoms with Crippen LogP contribution in [0.15, 0.2) is 77.8 Å². The van der Waals surface area contributed by atoms with Gasteiger partial charge in [-0.25, -0.2) is 13.1 Å². The lowest BCUT2D eigenvalue weighted by molar-refractivity contribution is 0.0963. The van der Waals surface area contributed by atoms with Gasteiger partial charge in [0.05, 0.1) is 13.2 Å². The lowest BCUT2D eigenvalue weighted by atomic mass is 10.1. The van der Waals surface area contributed by atoms with Gasteiger partial charge in [0.1, 0.15) is 10.6 Å². The van der Waals surface area contributed by atoms with Crippen molar-refractivity contribution in [1.29, 1.82) is 0 Å². The molecule has 4 aromatic rings. The number of sulfonamides is 1. The molecule has 0 fully saturated rings. The molecule has 1 heterocycles. The predicted octanol–water partition coefficient (Wildman–Crippen LogP) is 3.60. The molecule has 1 amide bonds. The zero-order valence-electron chi connectivity index (χ0n) is 21.8. The third kappa shape index (κ3) is 6.86. The first kappa shape index (κ1) is 27.9. The number of H-pyrrole nitrogens is 1. The van der Waals surface area contributed by atoms with Crippen LogP contribution in [0.5, 0.6) is 5.75 Å². The summed E-state index contributed by atoms with van der Waals surface area (Å²) in [4.78, 5) is 14.9. The van der Waals surface area contributed by atoms with Gasteiger partial charge in [0.15, 0.2) is 0 Å². The summed E-state index contributed by atoms with van der Waals surface area (Å²) in [6, 6.07) is 18.5. The first-order chi connectivity index (χ1) is 18.8. The number of ether oxygens (including phenoxy) is 1. The summed E-state index contributed by atoms with van der Waals surface area (Å²) >= 11 is 0. The monoisotopic (exact) mass is 545 g/mol. The van der Waals surface area contributed by atoms with Crippen molar-refractivity contribution in [2.45, 2.75) is 30.7 Å². The van der Waals surface area contributed by atoms with Crippen molar-refractivity contribution in [2.75, 3.05) is 20.3 Å². The summed E-state index contributed by atoms with van der Waals surface area (Å²) in [6.07, 6.45) is 2.84. The van der Waals surface area contributed by atoms with E-state index in [4.69, 9.17) is 4.74 Å². The van der Waals surface area contributed by atoms with Crippen molar-refractivity contribution < 1.29 is 23.1 Å². The van der Waals surface area contributed by atoms with Crippen LogP contribution in [0.1, 0.15) is 40.4 Å². The van der Waals surface area contributed by atoms with E-state index in [1.807, 2.05) is 37.4 Å². The normalized spacial score (nSPS) is 12.0. The molecule has 0 saturated carbocycles. The lowest BCUT2D eigenvalue weighted by Crippen LogP contribution is -2.39. The van der Waals surface area contributed by atoms with Crippen LogP contribution in [-0.2, 0) is 16.4 Å². The number of rotatable bonds is 10. The Morgan fingerprint density at radius 2 is 1.77 bits per heavy atom. The van der Waals surface area contributed by atoms with Crippen molar-refractivity contribution in [1.82, 2.24) is 15.0 Å². The zero-order valence-corrected chi connectivity index (χ0v) is 22.6. The summed E-state index contributed by atoms with van der Waals surface area (Å²) in [5.41, 5.74) is 3.52. The molecule has 4 N–H and O–H groups in total. The van der Waals surface area contributed by atoms with E-state index >= 15 is 0 Å². The van der Waals surface area contributed by atoms with Gasteiger partial charge in [-0.3, -0.25) is 4.79 Å². The summed E-state index contributed by atoms with van der Waals surface area (Å²) in [5, 5.41) is 13.6. The second kappa shape index (κ2) is 12.6. The minimum atomic E-state index is -4.07. The first-order valence-electron chi connectivity index (χ1n) is 12.6. The largest absolute Gasteiger partial charge is 0.492 e. The van der Waals surface area contributed by atoms with E-state index in [-0.39, 0.29) is 23.2 Å². The van der Waals surface area contributed by atoms with E-state index in [9.17, 15) is 18.3 Å². The number of hydrogen-bond acceptors (Lipinski definition) is 5. The van der Waals surface area contributed by atoms with Crippen LogP contribution >= 0.6 is 0 Å². The molecule has 0 aliphatic heterocycles. The van der Waals surface area contributed by atoms with E-state index in [1.165, 1.54) is 6.07 Å². The van der Waals surface area contributed by atoms with Gasteiger partial charge in [-0.05, 0) is 66.9 Å². The molecule has 9 heteroatoms. The Morgan fingerprint density at radius 3 is 2.49 bits per heavy atom. The zero-order chi connectivity index (χ0) is 27.8. The van der Waals surface area contributed by atoms with Gasteiger partial charge in [-0.15, -0.1) is 0 Å². The number of amides is 1. The summed E-state index contributed by atoms with van der Waals surface area (Å²) < 4.78 is 35.5. The number of para-hydroxylation sites is 1. The van der Waals surface area contributed by atoms with Crippen LogP contribution < -0.4 is 14.8 Å². The minimum Gasteiger partial charge on any atom is -0.492 e. The second-order valence-electron chi connectivity index (χ2n) is 8.98. The van der Waals surface area contributed by atoms with Crippen molar-refractivity contribution in [3.8, 4) is 17.6 Å². The molecule has 0 bridgehead atoms. The molecule has 0 spiro atoms. The second-order valence-corrected chi connectivity index (χ2v) is 10.7. The van der Waals surface area contributed by atoms with E-state index < -0.39 is 16.1 Å². The molecule has 1 atom stereocenters. The Labute approximate surface area is 228 Å². The Hall–Kier alpha value is -4.10. The Morgan fingerprint density at radius 1 is 1.05 bits per heavy atom. The van der Waals surface area contributed by atoms with E-state index in [0.29, 0.717) is 36.1 Å². The van der Waals surface area contributed by atoms with Crippen LogP contribution in [0.25, 0.3) is 10.9 Å². The number of carbonyl (C=O) groups is 1. The van der Waals surface area contributed by atoms with Crippen LogP contribution in [-0.4, -0.2) is 50.7 Å². The highest BCUT2D eigenvalue weighted by atomic mass is 32.2. The maximum atomic E-state index is 13.5. The highest BCUT2D eigenvalue weighted by Crippen LogP contribution is 2.26. The Bertz CT molecular complexity index is 1620. The Balaban J connectivity index is 1.60. The van der Waals surface area contributed by atoms with Gasteiger partial charge < -0.3 is 20.1 Å². The molecule has 0 unspecified atom stereocenters.